The van der Waals surface area contributed by atoms with Gasteiger partial charge in [0, 0.05) is 28.8 Å². The first-order valence-corrected chi connectivity index (χ1v) is 19.7. The maximum absolute atomic E-state index is 15.2. The van der Waals surface area contributed by atoms with Crippen molar-refractivity contribution in [1.29, 1.82) is 0 Å². The Hall–Kier alpha value is -5.32. The molecule has 2 aliphatic heterocycles. The topological polar surface area (TPSA) is 113 Å². The highest BCUT2D eigenvalue weighted by atomic mass is 35.5. The van der Waals surface area contributed by atoms with Gasteiger partial charge in [-0.05, 0) is 110 Å². The van der Waals surface area contributed by atoms with Crippen LogP contribution in [0, 0.1) is 49.9 Å². The fraction of sp³-hybridized carbons (Fsp3) is 0.295. The van der Waals surface area contributed by atoms with E-state index in [1.165, 1.54) is 9.80 Å². The molecular formula is C44H39ClN4O5S. The molecule has 0 spiro atoms. The second-order valence-corrected chi connectivity index (χ2v) is 17.2. The normalized spacial score (nSPS) is 26.1. The number of halogens is 1. The van der Waals surface area contributed by atoms with Crippen molar-refractivity contribution in [3.8, 4) is 16.3 Å². The van der Waals surface area contributed by atoms with Gasteiger partial charge in [0.05, 0.1) is 33.7 Å². The molecule has 11 heteroatoms. The number of thiophene rings is 1. The lowest BCUT2D eigenvalue weighted by atomic mass is 9.51. The van der Waals surface area contributed by atoms with Crippen LogP contribution in [0.25, 0.3) is 26.7 Å². The van der Waals surface area contributed by atoms with Gasteiger partial charge in [0.1, 0.15) is 17.3 Å². The minimum atomic E-state index is -1.23. The van der Waals surface area contributed by atoms with E-state index < -0.39 is 35.0 Å². The number of carbonyl (C=O) groups is 4. The van der Waals surface area contributed by atoms with Crippen molar-refractivity contribution in [1.82, 2.24) is 9.78 Å². The molecule has 0 radical (unpaired) electrons. The second-order valence-electron chi connectivity index (χ2n) is 15.7. The molecule has 1 N–H and O–H groups in total. The first-order valence-electron chi connectivity index (χ1n) is 18.5. The van der Waals surface area contributed by atoms with Crippen molar-refractivity contribution in [2.24, 2.45) is 36.1 Å². The number of rotatable bonds is 5. The third-order valence-electron chi connectivity index (χ3n) is 12.7. The Balaban J connectivity index is 1.16. The molecule has 4 heterocycles. The van der Waals surface area contributed by atoms with Crippen LogP contribution in [-0.4, -0.2) is 38.5 Å². The van der Waals surface area contributed by atoms with Crippen LogP contribution in [0.3, 0.4) is 0 Å². The lowest BCUT2D eigenvalue weighted by Crippen LogP contribution is -2.49. The number of hydrogen-bond acceptors (Lipinski definition) is 7. The number of hydrogen-bond donors (Lipinski definition) is 1. The largest absolute Gasteiger partial charge is 0.507 e. The molecule has 2 aliphatic carbocycles. The maximum atomic E-state index is 15.2. The summed E-state index contributed by atoms with van der Waals surface area (Å²) in [6.45, 7) is 11.3. The molecule has 55 heavy (non-hydrogen) atoms. The molecule has 9 rings (SSSR count). The van der Waals surface area contributed by atoms with Gasteiger partial charge in [0.2, 0.25) is 23.6 Å². The second kappa shape index (κ2) is 12.3. The summed E-state index contributed by atoms with van der Waals surface area (Å²) in [5, 5.41) is 17.3. The maximum Gasteiger partial charge on any atom is 0.242 e. The van der Waals surface area contributed by atoms with Gasteiger partial charge in [-0.1, -0.05) is 60.2 Å². The van der Waals surface area contributed by atoms with Gasteiger partial charge in [-0.3, -0.25) is 28.8 Å². The van der Waals surface area contributed by atoms with Gasteiger partial charge in [-0.15, -0.1) is 11.3 Å². The summed E-state index contributed by atoms with van der Waals surface area (Å²) in [5.41, 5.74) is 4.77. The van der Waals surface area contributed by atoms with Gasteiger partial charge < -0.3 is 5.11 Å². The van der Waals surface area contributed by atoms with Crippen molar-refractivity contribution in [3.05, 3.63) is 112 Å². The SMILES string of the molecule is C=Cc1ccc(N2C(=O)[C@H]3[C@H](CC=C4[C@H]3C[C@H]3C(=O)N(c5cc(-c6sc7ccc(Cl)cc7c6C)nn5C)C(=O)[C@@]3(C)[C@H]4c3cc(C)c(O)c(C)c3)C2=O)cc1. The quantitative estimate of drug-likeness (QED) is 0.141. The molecule has 3 fully saturated rings. The molecule has 0 bridgehead atoms. The first kappa shape index (κ1) is 35.4. The van der Waals surface area contributed by atoms with Crippen molar-refractivity contribution in [3.63, 3.8) is 0 Å². The Labute approximate surface area is 327 Å². The Kier molecular flexibility index (Phi) is 7.94. The third kappa shape index (κ3) is 4.93. The van der Waals surface area contributed by atoms with E-state index in [0.29, 0.717) is 39.8 Å². The lowest BCUT2D eigenvalue weighted by Gasteiger charge is -2.49. The van der Waals surface area contributed by atoms with E-state index in [1.54, 1.807) is 47.3 Å². The summed E-state index contributed by atoms with van der Waals surface area (Å²) in [6.07, 6.45) is 4.33. The van der Waals surface area contributed by atoms with E-state index in [4.69, 9.17) is 16.7 Å². The van der Waals surface area contributed by atoms with Crippen LogP contribution in [0.15, 0.2) is 78.9 Å². The summed E-state index contributed by atoms with van der Waals surface area (Å²) in [7, 11) is 1.74. The number of benzene rings is 3. The van der Waals surface area contributed by atoms with Gasteiger partial charge >= 0.3 is 0 Å². The smallest absolute Gasteiger partial charge is 0.242 e. The van der Waals surface area contributed by atoms with E-state index in [2.05, 4.69) is 6.58 Å². The zero-order chi connectivity index (χ0) is 38.8. The van der Waals surface area contributed by atoms with Crippen molar-refractivity contribution in [2.75, 3.05) is 9.80 Å². The molecule has 6 atom stereocenters. The van der Waals surface area contributed by atoms with Crippen molar-refractivity contribution < 1.29 is 24.3 Å². The number of anilines is 2. The molecule has 0 unspecified atom stereocenters. The molecule has 5 aromatic rings. The molecule has 9 nitrogen and oxygen atoms in total. The molecule has 1 saturated carbocycles. The number of allylic oxidation sites excluding steroid dienone is 2. The Morgan fingerprint density at radius 1 is 0.927 bits per heavy atom. The van der Waals surface area contributed by atoms with Crippen LogP contribution in [-0.2, 0) is 26.2 Å². The van der Waals surface area contributed by atoms with E-state index in [0.717, 1.165) is 37.2 Å². The summed E-state index contributed by atoms with van der Waals surface area (Å²) in [4.78, 5) is 62.2. The van der Waals surface area contributed by atoms with Crippen LogP contribution in [0.4, 0.5) is 11.5 Å². The Morgan fingerprint density at radius 3 is 2.33 bits per heavy atom. The summed E-state index contributed by atoms with van der Waals surface area (Å²) >= 11 is 7.91. The highest BCUT2D eigenvalue weighted by Crippen LogP contribution is 2.64. The van der Waals surface area contributed by atoms with Gasteiger partial charge in [0.25, 0.3) is 0 Å². The average molecular weight is 771 g/mol. The van der Waals surface area contributed by atoms with Gasteiger partial charge in [0.15, 0.2) is 0 Å². The Bertz CT molecular complexity index is 2560. The highest BCUT2D eigenvalue weighted by Gasteiger charge is 2.68. The summed E-state index contributed by atoms with van der Waals surface area (Å²) < 4.78 is 2.64. The van der Waals surface area contributed by atoms with E-state index in [-0.39, 0.29) is 35.8 Å². The van der Waals surface area contributed by atoms with Crippen LogP contribution >= 0.6 is 22.9 Å². The standard InChI is InChI=1S/C44H39ClN4O5S/c1-7-24-8-11-27(12-9-24)48-40(51)29-14-13-28-31(36(29)42(48)53)19-32-41(52)49(43(54)44(32,5)37(28)25-16-21(2)38(50)22(3)17-25)35-20-33(46-47(35)6)39-23(4)30-18-26(45)10-15-34(30)55-39/h7-13,15-18,20,29,31-32,36-37,50H,1,14,19H2,2-6H3/t29-,31+,32-,36-,37-,44+/m0/s1. The van der Waals surface area contributed by atoms with Crippen molar-refractivity contribution >= 4 is 74.2 Å². The fourth-order valence-electron chi connectivity index (χ4n) is 10.00. The van der Waals surface area contributed by atoms with E-state index >= 15 is 4.79 Å². The number of nitrogens with zero attached hydrogens (tertiary/aromatic N) is 4. The van der Waals surface area contributed by atoms with Crippen LogP contribution in [0.2, 0.25) is 5.02 Å². The predicted molar refractivity (Wildman–Crippen MR) is 215 cm³/mol. The number of phenols is 1. The Morgan fingerprint density at radius 2 is 1.64 bits per heavy atom. The number of phenolic OH excluding ortho intramolecular Hbond substituents is 1. The summed E-state index contributed by atoms with van der Waals surface area (Å²) in [5.74, 6) is -3.84. The van der Waals surface area contributed by atoms with Gasteiger partial charge in [-0.25, -0.2) is 4.90 Å². The van der Waals surface area contributed by atoms with E-state index in [1.807, 2.05) is 76.2 Å². The molecule has 4 amide bonds. The lowest BCUT2D eigenvalue weighted by molar-refractivity contribution is -0.131. The number of aromatic hydroxyl groups is 1. The molecular weight excluding hydrogens is 732 g/mol. The first-order chi connectivity index (χ1) is 26.2. The van der Waals surface area contributed by atoms with Crippen LogP contribution in [0.5, 0.6) is 5.75 Å². The van der Waals surface area contributed by atoms with Crippen LogP contribution < -0.4 is 9.80 Å². The van der Waals surface area contributed by atoms with E-state index in [9.17, 15) is 19.5 Å². The van der Waals surface area contributed by atoms with Crippen molar-refractivity contribution in [2.45, 2.75) is 46.5 Å². The number of imide groups is 2. The number of amides is 4. The minimum absolute atomic E-state index is 0.168. The summed E-state index contributed by atoms with van der Waals surface area (Å²) in [6, 6.07) is 18.5. The fourth-order valence-corrected chi connectivity index (χ4v) is 11.3. The zero-order valence-corrected chi connectivity index (χ0v) is 32.7. The highest BCUT2D eigenvalue weighted by molar-refractivity contribution is 7.22. The van der Waals surface area contributed by atoms with Gasteiger partial charge in [-0.2, -0.15) is 5.10 Å². The number of fused-ring (bicyclic) bond motifs is 5. The molecule has 278 valence electrons. The number of carbonyl (C=O) groups excluding carboxylic acids is 4. The minimum Gasteiger partial charge on any atom is -0.507 e. The molecule has 2 saturated heterocycles. The predicted octanol–water partition coefficient (Wildman–Crippen LogP) is 8.66. The number of aromatic nitrogens is 2. The third-order valence-corrected chi connectivity index (χ3v) is 14.3. The zero-order valence-electron chi connectivity index (χ0n) is 31.1. The molecule has 2 aromatic heterocycles. The molecule has 4 aliphatic rings. The van der Waals surface area contributed by atoms with Crippen LogP contribution in [0.1, 0.15) is 53.5 Å². The average Bonchev–Trinajstić information content (AvgIpc) is 3.83. The number of aryl methyl sites for hydroxylation is 4. The monoisotopic (exact) mass is 770 g/mol. The molecule has 3 aromatic carbocycles.